The number of carbonyl (C=O) groups is 3. The number of amides is 3. The fourth-order valence-corrected chi connectivity index (χ4v) is 4.19. The smallest absolute Gasteiger partial charge is 0.408 e. The van der Waals surface area contributed by atoms with Crippen molar-refractivity contribution in [2.45, 2.75) is 58.7 Å². The molecule has 0 aromatic heterocycles. The van der Waals surface area contributed by atoms with Crippen LogP contribution in [0.3, 0.4) is 0 Å². The van der Waals surface area contributed by atoms with Crippen LogP contribution >= 0.6 is 0 Å². The van der Waals surface area contributed by atoms with Crippen molar-refractivity contribution in [3.05, 3.63) is 72.3 Å². The van der Waals surface area contributed by atoms with Crippen molar-refractivity contribution in [3.8, 4) is 5.75 Å². The van der Waals surface area contributed by atoms with Crippen molar-refractivity contribution in [1.82, 2.24) is 10.2 Å². The van der Waals surface area contributed by atoms with E-state index in [1.54, 1.807) is 45.0 Å². The molecule has 0 heterocycles. The average Bonchev–Trinajstić information content (AvgIpc) is 2.86. The van der Waals surface area contributed by atoms with E-state index in [9.17, 15) is 19.5 Å². The van der Waals surface area contributed by atoms with Gasteiger partial charge in [0, 0.05) is 18.3 Å². The molecule has 0 aliphatic heterocycles. The highest BCUT2D eigenvalue weighted by Crippen LogP contribution is 2.31. The summed E-state index contributed by atoms with van der Waals surface area (Å²) in [5.74, 6) is -1.35. The molecule has 0 saturated carbocycles. The Morgan fingerprint density at radius 2 is 1.61 bits per heavy atom. The molecule has 38 heavy (non-hydrogen) atoms. The van der Waals surface area contributed by atoms with Gasteiger partial charge in [0.1, 0.15) is 23.4 Å². The number of ether oxygens (including phenoxy) is 1. The first-order valence-electron chi connectivity index (χ1n) is 12.7. The van der Waals surface area contributed by atoms with E-state index in [-0.39, 0.29) is 17.2 Å². The number of hydrogen-bond donors (Lipinski definition) is 3. The largest absolute Gasteiger partial charge is 0.508 e. The highest BCUT2D eigenvalue weighted by Gasteiger charge is 2.37. The molecule has 0 aliphatic carbocycles. The molecular formula is C30H37N3O5. The molecule has 0 aliphatic rings. The van der Waals surface area contributed by atoms with E-state index in [2.05, 4.69) is 10.6 Å². The topological polar surface area (TPSA) is 108 Å². The normalized spacial score (nSPS) is 13.7. The van der Waals surface area contributed by atoms with Gasteiger partial charge >= 0.3 is 6.09 Å². The van der Waals surface area contributed by atoms with Gasteiger partial charge in [-0.25, -0.2) is 4.79 Å². The van der Waals surface area contributed by atoms with E-state index >= 15 is 0 Å². The zero-order chi connectivity index (χ0) is 28.0. The lowest BCUT2D eigenvalue weighted by Gasteiger charge is -2.33. The zero-order valence-corrected chi connectivity index (χ0v) is 22.8. The second-order valence-electron chi connectivity index (χ2n) is 10.5. The number of likely N-dealkylation sites (N-methyl/N-ethyl adjacent to an activating group) is 1. The fraction of sp³-hybridized carbons (Fsp3) is 0.367. The van der Waals surface area contributed by atoms with Crippen LogP contribution in [0.1, 0.15) is 52.6 Å². The first-order chi connectivity index (χ1) is 17.9. The van der Waals surface area contributed by atoms with Crippen molar-refractivity contribution in [2.75, 3.05) is 12.4 Å². The molecule has 3 atom stereocenters. The van der Waals surface area contributed by atoms with Crippen LogP contribution in [-0.4, -0.2) is 46.6 Å². The molecule has 3 unspecified atom stereocenters. The third-order valence-corrected chi connectivity index (χ3v) is 6.38. The highest BCUT2D eigenvalue weighted by molar-refractivity contribution is 6.00. The molecule has 3 N–H and O–H groups in total. The fourth-order valence-electron chi connectivity index (χ4n) is 4.19. The quantitative estimate of drug-likeness (QED) is 0.358. The number of nitrogens with one attached hydrogen (secondary N) is 2. The number of fused-ring (bicyclic) bond motifs is 1. The molecular weight excluding hydrogens is 482 g/mol. The third-order valence-electron chi connectivity index (χ3n) is 6.38. The molecule has 0 spiro atoms. The van der Waals surface area contributed by atoms with E-state index in [0.717, 1.165) is 10.8 Å². The second-order valence-corrected chi connectivity index (χ2v) is 10.5. The van der Waals surface area contributed by atoms with Crippen LogP contribution in [0, 0.1) is 5.92 Å². The lowest BCUT2D eigenvalue weighted by molar-refractivity contribution is -0.140. The average molecular weight is 520 g/mol. The van der Waals surface area contributed by atoms with Crippen LogP contribution in [0.4, 0.5) is 10.5 Å². The van der Waals surface area contributed by atoms with E-state index in [1.165, 1.54) is 18.0 Å². The van der Waals surface area contributed by atoms with E-state index in [1.807, 2.05) is 50.2 Å². The maximum absolute atomic E-state index is 13.8. The van der Waals surface area contributed by atoms with Gasteiger partial charge in [-0.05, 0) is 55.7 Å². The molecule has 3 amide bonds. The van der Waals surface area contributed by atoms with Gasteiger partial charge in [-0.1, -0.05) is 68.8 Å². The number of aromatic hydroxyl groups is 1. The van der Waals surface area contributed by atoms with Gasteiger partial charge in [-0.15, -0.1) is 0 Å². The van der Waals surface area contributed by atoms with Crippen molar-refractivity contribution in [3.63, 3.8) is 0 Å². The molecule has 0 fully saturated rings. The summed E-state index contributed by atoms with van der Waals surface area (Å²) >= 11 is 0. The Bertz CT molecular complexity index is 1300. The van der Waals surface area contributed by atoms with Gasteiger partial charge in [-0.2, -0.15) is 0 Å². The third kappa shape index (κ3) is 7.03. The van der Waals surface area contributed by atoms with Crippen LogP contribution in [-0.2, 0) is 14.3 Å². The first kappa shape index (κ1) is 28.5. The number of anilines is 1. The number of benzene rings is 3. The van der Waals surface area contributed by atoms with Gasteiger partial charge in [-0.3, -0.25) is 9.59 Å². The molecule has 202 valence electrons. The Hall–Kier alpha value is -4.07. The van der Waals surface area contributed by atoms with Crippen molar-refractivity contribution < 1.29 is 24.2 Å². The Balaban J connectivity index is 1.94. The van der Waals surface area contributed by atoms with Crippen LogP contribution in [0.15, 0.2) is 66.7 Å². The molecule has 8 nitrogen and oxygen atoms in total. The van der Waals surface area contributed by atoms with Crippen molar-refractivity contribution in [2.24, 2.45) is 5.92 Å². The number of nitrogens with zero attached hydrogens (tertiary/aromatic N) is 1. The summed E-state index contributed by atoms with van der Waals surface area (Å²) in [4.78, 5) is 41.3. The molecule has 0 bridgehead atoms. The predicted octanol–water partition coefficient (Wildman–Crippen LogP) is 5.62. The van der Waals surface area contributed by atoms with Crippen LogP contribution in [0.5, 0.6) is 5.75 Å². The van der Waals surface area contributed by atoms with Crippen molar-refractivity contribution in [1.29, 1.82) is 0 Å². The summed E-state index contributed by atoms with van der Waals surface area (Å²) in [6.45, 7) is 8.98. The molecule has 3 aromatic carbocycles. The summed E-state index contributed by atoms with van der Waals surface area (Å²) in [5, 5.41) is 18.2. The molecule has 0 saturated heterocycles. The van der Waals surface area contributed by atoms with Crippen LogP contribution < -0.4 is 10.6 Å². The number of hydrogen-bond acceptors (Lipinski definition) is 5. The van der Waals surface area contributed by atoms with E-state index in [4.69, 9.17) is 4.74 Å². The van der Waals surface area contributed by atoms with Gasteiger partial charge in [0.25, 0.3) is 5.91 Å². The van der Waals surface area contributed by atoms with Gasteiger partial charge in [0.2, 0.25) is 5.91 Å². The summed E-state index contributed by atoms with van der Waals surface area (Å²) < 4.78 is 5.38. The lowest BCUT2D eigenvalue weighted by Crippen LogP contribution is -2.53. The minimum absolute atomic E-state index is 0.119. The Labute approximate surface area is 224 Å². The Morgan fingerprint density at radius 3 is 2.24 bits per heavy atom. The van der Waals surface area contributed by atoms with Gasteiger partial charge < -0.3 is 25.4 Å². The van der Waals surface area contributed by atoms with Gasteiger partial charge in [0.15, 0.2) is 0 Å². The van der Waals surface area contributed by atoms with E-state index in [0.29, 0.717) is 12.1 Å². The Morgan fingerprint density at radius 1 is 0.974 bits per heavy atom. The summed E-state index contributed by atoms with van der Waals surface area (Å²) in [6, 6.07) is 17.6. The minimum Gasteiger partial charge on any atom is -0.508 e. The maximum atomic E-state index is 13.8. The lowest BCUT2D eigenvalue weighted by atomic mass is 9.96. The summed E-state index contributed by atoms with van der Waals surface area (Å²) in [6.07, 6.45) is -0.116. The van der Waals surface area contributed by atoms with Crippen molar-refractivity contribution >= 4 is 34.4 Å². The molecule has 0 radical (unpaired) electrons. The standard InChI is InChI=1S/C30H37N3O5/c1-7-19(2)25(32-29(37)38-30(3,4)5)28(36)33(6)26(23-14-10-11-15-24(23)34)27(35)31-22-17-16-20-12-8-9-13-21(20)18-22/h8-19,25-26,34H,7H2,1-6H3,(H,31,35)(H,32,37). The minimum atomic E-state index is -1.16. The molecule has 3 aromatic rings. The number of rotatable bonds is 8. The molecule has 8 heteroatoms. The summed E-state index contributed by atoms with van der Waals surface area (Å²) in [7, 11) is 1.49. The van der Waals surface area contributed by atoms with E-state index < -0.39 is 35.6 Å². The van der Waals surface area contributed by atoms with Crippen LogP contribution in [0.2, 0.25) is 0 Å². The first-order valence-corrected chi connectivity index (χ1v) is 12.7. The number of carbonyl (C=O) groups excluding carboxylic acids is 3. The SMILES string of the molecule is CCC(C)C(NC(=O)OC(C)(C)C)C(=O)N(C)C(C(=O)Nc1ccc2ccccc2c1)c1ccccc1O. The number of phenols is 1. The van der Waals surface area contributed by atoms with Gasteiger partial charge in [0.05, 0.1) is 0 Å². The second kappa shape index (κ2) is 12.0. The highest BCUT2D eigenvalue weighted by atomic mass is 16.6. The maximum Gasteiger partial charge on any atom is 0.408 e. The van der Waals surface area contributed by atoms with Crippen LogP contribution in [0.25, 0.3) is 10.8 Å². The number of alkyl carbamates (subject to hydrolysis) is 1. The predicted molar refractivity (Wildman–Crippen MR) is 149 cm³/mol. The summed E-state index contributed by atoms with van der Waals surface area (Å²) in [5.41, 5.74) is 0.0825. The zero-order valence-electron chi connectivity index (χ0n) is 22.8. The number of phenolic OH excluding ortho intramolecular Hbond substituents is 1. The monoisotopic (exact) mass is 519 g/mol. The molecule has 3 rings (SSSR count). The number of para-hydroxylation sites is 1. The Kier molecular flexibility index (Phi) is 8.99.